The van der Waals surface area contributed by atoms with Crippen molar-refractivity contribution < 1.29 is 4.79 Å². The molecule has 0 aliphatic rings. The van der Waals surface area contributed by atoms with Gasteiger partial charge in [-0.3, -0.25) is 4.79 Å². The van der Waals surface area contributed by atoms with E-state index in [1.54, 1.807) is 12.1 Å². The van der Waals surface area contributed by atoms with Gasteiger partial charge < -0.3 is 10.6 Å². The number of nitrogens with two attached hydrogens (primary N) is 1. The molecule has 1 aromatic carbocycles. The van der Waals surface area contributed by atoms with E-state index in [1.165, 1.54) is 6.20 Å². The molecule has 4 nitrogen and oxygen atoms in total. The minimum Gasteiger partial charge on any atom is -0.397 e. The van der Waals surface area contributed by atoms with Crippen molar-refractivity contribution in [2.75, 3.05) is 12.3 Å². The Morgan fingerprint density at radius 3 is 2.55 bits per heavy atom. The quantitative estimate of drug-likeness (QED) is 0.908. The van der Waals surface area contributed by atoms with Gasteiger partial charge in [0.15, 0.2) is 0 Å². The van der Waals surface area contributed by atoms with Crippen LogP contribution in [-0.4, -0.2) is 22.3 Å². The van der Waals surface area contributed by atoms with Crippen molar-refractivity contribution >= 4 is 11.6 Å². The van der Waals surface area contributed by atoms with Crippen LogP contribution in [-0.2, 0) is 6.54 Å². The fourth-order valence-electron chi connectivity index (χ4n) is 2.02. The van der Waals surface area contributed by atoms with Crippen molar-refractivity contribution in [1.29, 1.82) is 0 Å². The summed E-state index contributed by atoms with van der Waals surface area (Å²) >= 11 is 0. The Hall–Kier alpha value is -2.36. The molecular formula is C16H19N3O. The summed E-state index contributed by atoms with van der Waals surface area (Å²) in [6.07, 6.45) is 2.42. The lowest BCUT2D eigenvalue weighted by molar-refractivity contribution is 0.0737. The number of carbonyl (C=O) groups is 1. The molecule has 0 saturated heterocycles. The highest BCUT2D eigenvalue weighted by Gasteiger charge is 2.16. The van der Waals surface area contributed by atoms with Gasteiger partial charge in [-0.15, -0.1) is 0 Å². The first-order chi connectivity index (χ1) is 9.70. The molecule has 2 N–H and O–H groups in total. The van der Waals surface area contributed by atoms with Crippen LogP contribution in [0.3, 0.4) is 0 Å². The van der Waals surface area contributed by atoms with Crippen LogP contribution in [0.4, 0.5) is 5.69 Å². The summed E-state index contributed by atoms with van der Waals surface area (Å²) in [6, 6.07) is 13.3. The highest BCUT2D eigenvalue weighted by molar-refractivity contribution is 5.92. The number of hydrogen-bond acceptors (Lipinski definition) is 3. The van der Waals surface area contributed by atoms with Gasteiger partial charge in [-0.05, 0) is 24.1 Å². The predicted molar refractivity (Wildman–Crippen MR) is 80.1 cm³/mol. The molecule has 104 valence electrons. The van der Waals surface area contributed by atoms with Gasteiger partial charge >= 0.3 is 0 Å². The number of rotatable bonds is 5. The molecule has 0 saturated carbocycles. The molecule has 0 spiro atoms. The summed E-state index contributed by atoms with van der Waals surface area (Å²) in [4.78, 5) is 18.4. The van der Waals surface area contributed by atoms with Crippen molar-refractivity contribution in [3.63, 3.8) is 0 Å². The molecule has 1 aromatic heterocycles. The van der Waals surface area contributed by atoms with Crippen molar-refractivity contribution in [2.24, 2.45) is 0 Å². The average molecular weight is 269 g/mol. The second-order valence-corrected chi connectivity index (χ2v) is 4.69. The molecule has 0 bridgehead atoms. The highest BCUT2D eigenvalue weighted by atomic mass is 16.2. The number of benzene rings is 1. The maximum atomic E-state index is 12.5. The van der Waals surface area contributed by atoms with E-state index >= 15 is 0 Å². The summed E-state index contributed by atoms with van der Waals surface area (Å²) in [5.74, 6) is -0.0595. The first-order valence-electron chi connectivity index (χ1n) is 6.75. The molecular weight excluding hydrogens is 250 g/mol. The molecule has 1 heterocycles. The second kappa shape index (κ2) is 6.70. The van der Waals surface area contributed by atoms with Crippen LogP contribution in [0.5, 0.6) is 0 Å². The Morgan fingerprint density at radius 2 is 1.95 bits per heavy atom. The van der Waals surface area contributed by atoms with E-state index in [1.807, 2.05) is 35.2 Å². The monoisotopic (exact) mass is 269 g/mol. The second-order valence-electron chi connectivity index (χ2n) is 4.69. The molecule has 2 rings (SSSR count). The van der Waals surface area contributed by atoms with Gasteiger partial charge in [-0.2, -0.15) is 0 Å². The van der Waals surface area contributed by atoms with Crippen molar-refractivity contribution in [1.82, 2.24) is 9.88 Å². The number of hydrogen-bond donors (Lipinski definition) is 1. The Bertz CT molecular complexity index is 552. The lowest BCUT2D eigenvalue weighted by Gasteiger charge is -2.22. The summed E-state index contributed by atoms with van der Waals surface area (Å²) in [5, 5.41) is 0. The Labute approximate surface area is 119 Å². The van der Waals surface area contributed by atoms with E-state index < -0.39 is 0 Å². The van der Waals surface area contributed by atoms with Crippen molar-refractivity contribution in [3.8, 4) is 0 Å². The Morgan fingerprint density at radius 1 is 1.20 bits per heavy atom. The number of nitrogen functional groups attached to an aromatic ring is 1. The smallest absolute Gasteiger partial charge is 0.272 e. The maximum Gasteiger partial charge on any atom is 0.272 e. The standard InChI is InChI=1S/C16H19N3O/c1-2-10-19(12-13-6-4-3-5-7-13)16(20)15-9-8-14(17)11-18-15/h3-9,11H,2,10,12,17H2,1H3. The minimum absolute atomic E-state index is 0.0595. The predicted octanol–water partition coefficient (Wildman–Crippen LogP) is 2.72. The van der Waals surface area contributed by atoms with Gasteiger partial charge in [0.05, 0.1) is 11.9 Å². The SMILES string of the molecule is CCCN(Cc1ccccc1)C(=O)c1ccc(N)cn1. The van der Waals surface area contributed by atoms with Crippen LogP contribution in [0.2, 0.25) is 0 Å². The van der Waals surface area contributed by atoms with E-state index in [9.17, 15) is 4.79 Å². The molecule has 0 unspecified atom stereocenters. The van der Waals surface area contributed by atoms with Crippen LogP contribution < -0.4 is 5.73 Å². The zero-order valence-corrected chi connectivity index (χ0v) is 11.6. The molecule has 2 aromatic rings. The summed E-state index contributed by atoms with van der Waals surface area (Å²) in [6.45, 7) is 3.36. The summed E-state index contributed by atoms with van der Waals surface area (Å²) in [7, 11) is 0. The maximum absolute atomic E-state index is 12.5. The third-order valence-electron chi connectivity index (χ3n) is 3.00. The van der Waals surface area contributed by atoms with Crippen LogP contribution in [0.25, 0.3) is 0 Å². The van der Waals surface area contributed by atoms with E-state index in [-0.39, 0.29) is 5.91 Å². The third kappa shape index (κ3) is 3.57. The zero-order chi connectivity index (χ0) is 14.4. The third-order valence-corrected chi connectivity index (χ3v) is 3.00. The number of anilines is 1. The topological polar surface area (TPSA) is 59.2 Å². The number of aromatic nitrogens is 1. The van der Waals surface area contributed by atoms with Crippen LogP contribution in [0.1, 0.15) is 29.4 Å². The van der Waals surface area contributed by atoms with Gasteiger partial charge in [-0.25, -0.2) is 4.98 Å². The molecule has 1 amide bonds. The fraction of sp³-hybridized carbons (Fsp3) is 0.250. The minimum atomic E-state index is -0.0595. The Balaban J connectivity index is 2.15. The fourth-order valence-corrected chi connectivity index (χ4v) is 2.02. The largest absolute Gasteiger partial charge is 0.397 e. The number of carbonyl (C=O) groups excluding carboxylic acids is 1. The summed E-state index contributed by atoms with van der Waals surface area (Å²) in [5.41, 5.74) is 7.71. The lowest BCUT2D eigenvalue weighted by Crippen LogP contribution is -2.31. The number of amides is 1. The van der Waals surface area contributed by atoms with Crippen LogP contribution in [0, 0.1) is 0 Å². The first-order valence-corrected chi connectivity index (χ1v) is 6.75. The van der Waals surface area contributed by atoms with Gasteiger partial charge in [-0.1, -0.05) is 37.3 Å². The Kier molecular flexibility index (Phi) is 4.71. The first kappa shape index (κ1) is 14.1. The normalized spacial score (nSPS) is 10.2. The van der Waals surface area contributed by atoms with E-state index in [4.69, 9.17) is 5.73 Å². The van der Waals surface area contributed by atoms with Gasteiger partial charge in [0.2, 0.25) is 0 Å². The average Bonchev–Trinajstić information content (AvgIpc) is 2.48. The van der Waals surface area contributed by atoms with Gasteiger partial charge in [0, 0.05) is 13.1 Å². The zero-order valence-electron chi connectivity index (χ0n) is 11.6. The highest BCUT2D eigenvalue weighted by Crippen LogP contribution is 2.10. The van der Waals surface area contributed by atoms with Gasteiger partial charge in [0.25, 0.3) is 5.91 Å². The molecule has 0 aliphatic heterocycles. The summed E-state index contributed by atoms with van der Waals surface area (Å²) < 4.78 is 0. The van der Waals surface area contributed by atoms with Gasteiger partial charge in [0.1, 0.15) is 5.69 Å². The van der Waals surface area contributed by atoms with Crippen LogP contribution in [0.15, 0.2) is 48.7 Å². The molecule has 4 heteroatoms. The van der Waals surface area contributed by atoms with E-state index in [0.29, 0.717) is 24.5 Å². The molecule has 0 radical (unpaired) electrons. The molecule has 0 aliphatic carbocycles. The van der Waals surface area contributed by atoms with Crippen molar-refractivity contribution in [3.05, 3.63) is 59.9 Å². The molecule has 20 heavy (non-hydrogen) atoms. The van der Waals surface area contributed by atoms with Crippen molar-refractivity contribution in [2.45, 2.75) is 19.9 Å². The lowest BCUT2D eigenvalue weighted by atomic mass is 10.2. The van der Waals surface area contributed by atoms with E-state index in [0.717, 1.165) is 12.0 Å². The molecule has 0 fully saturated rings. The number of nitrogens with zero attached hydrogens (tertiary/aromatic N) is 2. The number of pyridine rings is 1. The molecule has 0 atom stereocenters. The van der Waals surface area contributed by atoms with Crippen LogP contribution >= 0.6 is 0 Å². The van der Waals surface area contributed by atoms with E-state index in [2.05, 4.69) is 11.9 Å².